The van der Waals surface area contributed by atoms with Gasteiger partial charge in [-0.15, -0.1) is 5.10 Å². The van der Waals surface area contributed by atoms with Crippen LogP contribution in [0.25, 0.3) is 11.3 Å². The number of hydrogen-bond acceptors (Lipinski definition) is 3. The lowest BCUT2D eigenvalue weighted by atomic mass is 10.1. The molecule has 78 valence electrons. The van der Waals surface area contributed by atoms with Crippen LogP contribution in [0, 0.1) is 0 Å². The quantitative estimate of drug-likeness (QED) is 0.759. The number of hydrogen-bond donors (Lipinski definition) is 1. The molecule has 2 rings (SSSR count). The standard InChI is InChI=1S/C11H14N4/c1-8(2)15-7-11(13-14-15)9-5-3-4-6-10(9)12/h3-8H,12H2,1-2H3. The highest BCUT2D eigenvalue weighted by molar-refractivity contribution is 5.72. The van der Waals surface area contributed by atoms with Crippen molar-refractivity contribution in [2.75, 3.05) is 5.73 Å². The molecule has 0 saturated heterocycles. The Labute approximate surface area is 88.7 Å². The maximum atomic E-state index is 5.86. The first-order valence-corrected chi connectivity index (χ1v) is 4.95. The third-order valence-corrected chi connectivity index (χ3v) is 2.28. The Hall–Kier alpha value is -1.84. The van der Waals surface area contributed by atoms with Crippen molar-refractivity contribution in [2.45, 2.75) is 19.9 Å². The third kappa shape index (κ3) is 1.83. The minimum absolute atomic E-state index is 0.316. The Balaban J connectivity index is 2.42. The van der Waals surface area contributed by atoms with Gasteiger partial charge in [-0.3, -0.25) is 0 Å². The molecule has 4 heteroatoms. The van der Waals surface area contributed by atoms with Crippen LogP contribution < -0.4 is 5.73 Å². The van der Waals surface area contributed by atoms with E-state index in [9.17, 15) is 0 Å². The SMILES string of the molecule is CC(C)n1cc(-c2ccccc2N)nn1. The van der Waals surface area contributed by atoms with Gasteiger partial charge in [-0.05, 0) is 19.9 Å². The summed E-state index contributed by atoms with van der Waals surface area (Å²) in [6, 6.07) is 7.98. The minimum Gasteiger partial charge on any atom is -0.398 e. The zero-order valence-electron chi connectivity index (χ0n) is 8.88. The molecule has 2 N–H and O–H groups in total. The largest absolute Gasteiger partial charge is 0.398 e. The highest BCUT2D eigenvalue weighted by Gasteiger charge is 2.07. The lowest BCUT2D eigenvalue weighted by molar-refractivity contribution is 0.514. The zero-order chi connectivity index (χ0) is 10.8. The second kappa shape index (κ2) is 3.73. The Bertz CT molecular complexity index is 459. The molecule has 4 nitrogen and oxygen atoms in total. The smallest absolute Gasteiger partial charge is 0.115 e. The van der Waals surface area contributed by atoms with Crippen molar-refractivity contribution in [1.29, 1.82) is 0 Å². The van der Waals surface area contributed by atoms with Gasteiger partial charge in [0.15, 0.2) is 0 Å². The number of nitrogens with two attached hydrogens (primary N) is 1. The topological polar surface area (TPSA) is 56.7 Å². The van der Waals surface area contributed by atoms with Gasteiger partial charge in [0.1, 0.15) is 5.69 Å². The first-order chi connectivity index (χ1) is 7.18. The summed E-state index contributed by atoms with van der Waals surface area (Å²) >= 11 is 0. The Kier molecular flexibility index (Phi) is 2.41. The molecule has 1 aromatic heterocycles. The second-order valence-corrected chi connectivity index (χ2v) is 3.76. The van der Waals surface area contributed by atoms with Gasteiger partial charge in [-0.2, -0.15) is 0 Å². The summed E-state index contributed by atoms with van der Waals surface area (Å²) in [6.07, 6.45) is 1.91. The molecular formula is C11H14N4. The van der Waals surface area contributed by atoms with E-state index >= 15 is 0 Å². The Morgan fingerprint density at radius 3 is 2.60 bits per heavy atom. The van der Waals surface area contributed by atoms with Crippen LogP contribution in [0.2, 0.25) is 0 Å². The van der Waals surface area contributed by atoms with Crippen LogP contribution in [0.1, 0.15) is 19.9 Å². The monoisotopic (exact) mass is 202 g/mol. The molecule has 0 aliphatic heterocycles. The number of nitrogens with zero attached hydrogens (tertiary/aromatic N) is 3. The van der Waals surface area contributed by atoms with Crippen molar-refractivity contribution in [3.05, 3.63) is 30.5 Å². The molecule has 0 radical (unpaired) electrons. The average molecular weight is 202 g/mol. The Morgan fingerprint density at radius 1 is 1.27 bits per heavy atom. The molecule has 0 aliphatic carbocycles. The van der Waals surface area contributed by atoms with Crippen LogP contribution in [0.4, 0.5) is 5.69 Å². The number of aromatic nitrogens is 3. The van der Waals surface area contributed by atoms with Crippen LogP contribution in [0.15, 0.2) is 30.5 Å². The van der Waals surface area contributed by atoms with Gasteiger partial charge in [0, 0.05) is 17.3 Å². The van der Waals surface area contributed by atoms with E-state index in [0.717, 1.165) is 16.9 Å². The van der Waals surface area contributed by atoms with Crippen LogP contribution in [0.3, 0.4) is 0 Å². The molecule has 0 unspecified atom stereocenters. The van der Waals surface area contributed by atoms with E-state index in [4.69, 9.17) is 5.73 Å². The van der Waals surface area contributed by atoms with Crippen LogP contribution in [-0.2, 0) is 0 Å². The highest BCUT2D eigenvalue weighted by atomic mass is 15.4. The predicted molar refractivity (Wildman–Crippen MR) is 60.3 cm³/mol. The summed E-state index contributed by atoms with van der Waals surface area (Å²) in [5.41, 5.74) is 8.35. The summed E-state index contributed by atoms with van der Waals surface area (Å²) in [5.74, 6) is 0. The molecule has 1 heterocycles. The van der Waals surface area contributed by atoms with E-state index in [1.807, 2.05) is 35.1 Å². The fourth-order valence-electron chi connectivity index (χ4n) is 1.38. The average Bonchev–Trinajstić information content (AvgIpc) is 2.67. The van der Waals surface area contributed by atoms with Gasteiger partial charge >= 0.3 is 0 Å². The normalized spacial score (nSPS) is 10.9. The number of benzene rings is 1. The van der Waals surface area contributed by atoms with Gasteiger partial charge < -0.3 is 5.73 Å². The predicted octanol–water partition coefficient (Wildman–Crippen LogP) is 2.11. The van der Waals surface area contributed by atoms with Crippen molar-refractivity contribution in [2.24, 2.45) is 0 Å². The molecule has 0 fully saturated rings. The zero-order valence-corrected chi connectivity index (χ0v) is 8.88. The number of anilines is 1. The van der Waals surface area contributed by atoms with E-state index in [-0.39, 0.29) is 0 Å². The highest BCUT2D eigenvalue weighted by Crippen LogP contribution is 2.23. The van der Waals surface area contributed by atoms with E-state index < -0.39 is 0 Å². The molecule has 1 aromatic carbocycles. The summed E-state index contributed by atoms with van der Waals surface area (Å²) in [7, 11) is 0. The van der Waals surface area contributed by atoms with Crippen molar-refractivity contribution in [3.63, 3.8) is 0 Å². The first kappa shape index (κ1) is 9.71. The maximum Gasteiger partial charge on any atom is 0.115 e. The fraction of sp³-hybridized carbons (Fsp3) is 0.273. The fourth-order valence-corrected chi connectivity index (χ4v) is 1.38. The van der Waals surface area contributed by atoms with E-state index in [2.05, 4.69) is 24.2 Å². The van der Waals surface area contributed by atoms with Gasteiger partial charge in [-0.25, -0.2) is 4.68 Å². The van der Waals surface area contributed by atoms with Crippen molar-refractivity contribution in [3.8, 4) is 11.3 Å². The Morgan fingerprint density at radius 2 is 2.00 bits per heavy atom. The summed E-state index contributed by atoms with van der Waals surface area (Å²) in [5, 5.41) is 8.15. The number of para-hydroxylation sites is 1. The van der Waals surface area contributed by atoms with Gasteiger partial charge in [-0.1, -0.05) is 23.4 Å². The summed E-state index contributed by atoms with van der Waals surface area (Å²) in [4.78, 5) is 0. The molecule has 0 aliphatic rings. The minimum atomic E-state index is 0.316. The lowest BCUT2D eigenvalue weighted by Crippen LogP contribution is -2.00. The maximum absolute atomic E-state index is 5.86. The van der Waals surface area contributed by atoms with E-state index in [1.54, 1.807) is 0 Å². The molecule has 0 saturated carbocycles. The van der Waals surface area contributed by atoms with Gasteiger partial charge in [0.25, 0.3) is 0 Å². The van der Waals surface area contributed by atoms with Crippen LogP contribution >= 0.6 is 0 Å². The molecule has 0 amide bonds. The molecule has 0 atom stereocenters. The van der Waals surface area contributed by atoms with E-state index in [0.29, 0.717) is 6.04 Å². The summed E-state index contributed by atoms with van der Waals surface area (Å²) in [6.45, 7) is 4.12. The molecule has 15 heavy (non-hydrogen) atoms. The number of rotatable bonds is 2. The number of nitrogen functional groups attached to an aromatic ring is 1. The van der Waals surface area contributed by atoms with Crippen LogP contribution in [-0.4, -0.2) is 15.0 Å². The van der Waals surface area contributed by atoms with Crippen molar-refractivity contribution in [1.82, 2.24) is 15.0 Å². The third-order valence-electron chi connectivity index (χ3n) is 2.28. The molecule has 2 aromatic rings. The molecular weight excluding hydrogens is 188 g/mol. The molecule has 0 spiro atoms. The van der Waals surface area contributed by atoms with E-state index in [1.165, 1.54) is 0 Å². The van der Waals surface area contributed by atoms with Crippen molar-refractivity contribution < 1.29 is 0 Å². The van der Waals surface area contributed by atoms with Gasteiger partial charge in [0.05, 0.1) is 6.20 Å². The lowest BCUT2D eigenvalue weighted by Gasteiger charge is -2.02. The first-order valence-electron chi connectivity index (χ1n) is 4.95. The van der Waals surface area contributed by atoms with Gasteiger partial charge in [0.2, 0.25) is 0 Å². The van der Waals surface area contributed by atoms with Crippen LogP contribution in [0.5, 0.6) is 0 Å². The van der Waals surface area contributed by atoms with Crippen molar-refractivity contribution >= 4 is 5.69 Å². The summed E-state index contributed by atoms with van der Waals surface area (Å²) < 4.78 is 1.82. The second-order valence-electron chi connectivity index (χ2n) is 3.76. The molecule has 0 bridgehead atoms.